The first-order valence-corrected chi connectivity index (χ1v) is 7.06. The predicted molar refractivity (Wildman–Crippen MR) is 76.2 cm³/mol. The van der Waals surface area contributed by atoms with Crippen LogP contribution in [0.5, 0.6) is 5.75 Å². The summed E-state index contributed by atoms with van der Waals surface area (Å²) in [6, 6.07) is 4.49. The normalized spacial score (nSPS) is 16.4. The summed E-state index contributed by atoms with van der Waals surface area (Å²) in [4.78, 5) is 11.6. The molecule has 110 valence electrons. The number of nitrogens with two attached hydrogens (primary N) is 1. The van der Waals surface area contributed by atoms with E-state index < -0.39 is 5.82 Å². The van der Waals surface area contributed by atoms with E-state index in [0.29, 0.717) is 18.5 Å². The standard InChI is InChI=1S/C15H21FN2O2/c1-10(17)5-8-15(19)18-11-6-7-14(13(16)9-11)20-12-3-2-4-12/h6-7,9-10,12H,2-5,8,17H2,1H3,(H,18,19). The van der Waals surface area contributed by atoms with Crippen LogP contribution in [0.2, 0.25) is 0 Å². The quantitative estimate of drug-likeness (QED) is 0.842. The number of amides is 1. The molecule has 1 aliphatic carbocycles. The number of carbonyl (C=O) groups is 1. The molecule has 0 aliphatic heterocycles. The Hall–Kier alpha value is -1.62. The highest BCUT2D eigenvalue weighted by molar-refractivity contribution is 5.90. The molecule has 5 heteroatoms. The number of nitrogens with one attached hydrogen (secondary N) is 1. The summed E-state index contributed by atoms with van der Waals surface area (Å²) in [5.74, 6) is -0.348. The van der Waals surface area contributed by atoms with Crippen molar-refractivity contribution in [2.24, 2.45) is 5.73 Å². The van der Waals surface area contributed by atoms with Crippen molar-refractivity contribution in [1.29, 1.82) is 0 Å². The number of anilines is 1. The smallest absolute Gasteiger partial charge is 0.224 e. The molecule has 0 radical (unpaired) electrons. The summed E-state index contributed by atoms with van der Waals surface area (Å²) < 4.78 is 19.4. The fourth-order valence-electron chi connectivity index (χ4n) is 1.92. The van der Waals surface area contributed by atoms with Crippen LogP contribution in [0.25, 0.3) is 0 Å². The van der Waals surface area contributed by atoms with Crippen molar-refractivity contribution in [3.63, 3.8) is 0 Å². The maximum atomic E-state index is 13.8. The maximum Gasteiger partial charge on any atom is 0.224 e. The molecule has 1 aromatic rings. The minimum atomic E-state index is -0.443. The molecule has 1 amide bonds. The van der Waals surface area contributed by atoms with E-state index in [1.54, 1.807) is 12.1 Å². The SMILES string of the molecule is CC(N)CCC(=O)Nc1ccc(OC2CCC2)c(F)c1. The van der Waals surface area contributed by atoms with E-state index in [-0.39, 0.29) is 23.8 Å². The molecule has 0 spiro atoms. The molecule has 1 fully saturated rings. The van der Waals surface area contributed by atoms with Crippen LogP contribution in [0.3, 0.4) is 0 Å². The van der Waals surface area contributed by atoms with Crippen molar-refractivity contribution in [2.75, 3.05) is 5.32 Å². The third-order valence-corrected chi connectivity index (χ3v) is 3.39. The van der Waals surface area contributed by atoms with Crippen LogP contribution in [-0.2, 0) is 4.79 Å². The summed E-state index contributed by atoms with van der Waals surface area (Å²) in [7, 11) is 0. The molecular formula is C15H21FN2O2. The van der Waals surface area contributed by atoms with Crippen molar-refractivity contribution in [1.82, 2.24) is 0 Å². The van der Waals surface area contributed by atoms with Crippen LogP contribution in [0.15, 0.2) is 18.2 Å². The summed E-state index contributed by atoms with van der Waals surface area (Å²) in [5, 5.41) is 2.66. The Kier molecular flexibility index (Phi) is 4.95. The van der Waals surface area contributed by atoms with Gasteiger partial charge in [0.1, 0.15) is 0 Å². The highest BCUT2D eigenvalue weighted by Crippen LogP contribution is 2.28. The van der Waals surface area contributed by atoms with Gasteiger partial charge in [0.15, 0.2) is 11.6 Å². The second kappa shape index (κ2) is 6.70. The van der Waals surface area contributed by atoms with Gasteiger partial charge in [0.2, 0.25) is 5.91 Å². The Labute approximate surface area is 118 Å². The van der Waals surface area contributed by atoms with E-state index in [2.05, 4.69) is 5.32 Å². The number of rotatable bonds is 6. The lowest BCUT2D eigenvalue weighted by Crippen LogP contribution is -2.25. The summed E-state index contributed by atoms with van der Waals surface area (Å²) >= 11 is 0. The zero-order valence-corrected chi connectivity index (χ0v) is 11.7. The number of halogens is 1. The third-order valence-electron chi connectivity index (χ3n) is 3.39. The van der Waals surface area contributed by atoms with Gasteiger partial charge in [-0.2, -0.15) is 0 Å². The number of carbonyl (C=O) groups excluding carboxylic acids is 1. The van der Waals surface area contributed by atoms with Crippen LogP contribution in [-0.4, -0.2) is 18.1 Å². The largest absolute Gasteiger partial charge is 0.487 e. The fraction of sp³-hybridized carbons (Fsp3) is 0.533. The van der Waals surface area contributed by atoms with Gasteiger partial charge < -0.3 is 15.8 Å². The van der Waals surface area contributed by atoms with Gasteiger partial charge in [-0.1, -0.05) is 0 Å². The summed E-state index contributed by atoms with van der Waals surface area (Å²) in [6.07, 6.45) is 4.18. The lowest BCUT2D eigenvalue weighted by molar-refractivity contribution is -0.116. The zero-order valence-electron chi connectivity index (χ0n) is 11.7. The third kappa shape index (κ3) is 4.20. The van der Waals surface area contributed by atoms with Gasteiger partial charge in [-0.25, -0.2) is 4.39 Å². The minimum Gasteiger partial charge on any atom is -0.487 e. The van der Waals surface area contributed by atoms with E-state index in [1.807, 2.05) is 6.92 Å². The van der Waals surface area contributed by atoms with Gasteiger partial charge in [0.05, 0.1) is 6.10 Å². The van der Waals surface area contributed by atoms with Crippen LogP contribution in [0.1, 0.15) is 39.0 Å². The van der Waals surface area contributed by atoms with E-state index >= 15 is 0 Å². The second-order valence-corrected chi connectivity index (χ2v) is 5.38. The van der Waals surface area contributed by atoms with Crippen molar-refractivity contribution in [3.8, 4) is 5.75 Å². The van der Waals surface area contributed by atoms with Crippen LogP contribution in [0.4, 0.5) is 10.1 Å². The van der Waals surface area contributed by atoms with Crippen molar-refractivity contribution >= 4 is 11.6 Å². The average Bonchev–Trinajstić information content (AvgIpc) is 2.33. The second-order valence-electron chi connectivity index (χ2n) is 5.38. The molecule has 0 heterocycles. The summed E-state index contributed by atoms with van der Waals surface area (Å²) in [5.41, 5.74) is 6.03. The molecule has 1 aromatic carbocycles. The predicted octanol–water partition coefficient (Wildman–Crippen LogP) is 2.82. The molecule has 1 saturated carbocycles. The topological polar surface area (TPSA) is 64.4 Å². The molecule has 1 atom stereocenters. The van der Waals surface area contributed by atoms with E-state index in [1.165, 1.54) is 6.07 Å². The molecular weight excluding hydrogens is 259 g/mol. The number of hydrogen-bond donors (Lipinski definition) is 2. The Morgan fingerprint density at radius 2 is 2.30 bits per heavy atom. The van der Waals surface area contributed by atoms with Crippen LogP contribution >= 0.6 is 0 Å². The highest BCUT2D eigenvalue weighted by Gasteiger charge is 2.20. The first-order valence-electron chi connectivity index (χ1n) is 7.06. The van der Waals surface area contributed by atoms with Crippen molar-refractivity contribution < 1.29 is 13.9 Å². The van der Waals surface area contributed by atoms with Gasteiger partial charge in [-0.05, 0) is 44.7 Å². The van der Waals surface area contributed by atoms with Gasteiger partial charge in [0, 0.05) is 24.2 Å². The van der Waals surface area contributed by atoms with Gasteiger partial charge in [-0.15, -0.1) is 0 Å². The molecule has 2 rings (SSSR count). The highest BCUT2D eigenvalue weighted by atomic mass is 19.1. The van der Waals surface area contributed by atoms with Crippen molar-refractivity contribution in [2.45, 2.75) is 51.2 Å². The zero-order chi connectivity index (χ0) is 14.5. The number of hydrogen-bond acceptors (Lipinski definition) is 3. The van der Waals surface area contributed by atoms with Gasteiger partial charge in [0.25, 0.3) is 0 Å². The van der Waals surface area contributed by atoms with Gasteiger partial charge in [-0.3, -0.25) is 4.79 Å². The summed E-state index contributed by atoms with van der Waals surface area (Å²) in [6.45, 7) is 1.85. The van der Waals surface area contributed by atoms with Crippen molar-refractivity contribution in [3.05, 3.63) is 24.0 Å². The minimum absolute atomic E-state index is 0.0178. The fourth-order valence-corrected chi connectivity index (χ4v) is 1.92. The number of benzene rings is 1. The lowest BCUT2D eigenvalue weighted by atomic mass is 9.96. The first kappa shape index (κ1) is 14.8. The monoisotopic (exact) mass is 280 g/mol. The number of ether oxygens (including phenoxy) is 1. The van der Waals surface area contributed by atoms with E-state index in [9.17, 15) is 9.18 Å². The Bertz CT molecular complexity index is 473. The van der Waals surface area contributed by atoms with Gasteiger partial charge >= 0.3 is 0 Å². The Balaban J connectivity index is 1.89. The molecule has 0 aromatic heterocycles. The molecule has 3 N–H and O–H groups in total. The Morgan fingerprint density at radius 1 is 1.55 bits per heavy atom. The average molecular weight is 280 g/mol. The van der Waals surface area contributed by atoms with E-state index in [4.69, 9.17) is 10.5 Å². The first-order chi connectivity index (χ1) is 9.54. The molecule has 20 heavy (non-hydrogen) atoms. The Morgan fingerprint density at radius 3 is 2.85 bits per heavy atom. The lowest BCUT2D eigenvalue weighted by Gasteiger charge is -2.26. The van der Waals surface area contributed by atoms with E-state index in [0.717, 1.165) is 19.3 Å². The molecule has 1 unspecified atom stereocenters. The molecule has 0 bridgehead atoms. The molecule has 0 saturated heterocycles. The molecule has 1 aliphatic rings. The molecule has 4 nitrogen and oxygen atoms in total. The van der Waals surface area contributed by atoms with Crippen LogP contribution < -0.4 is 15.8 Å². The van der Waals surface area contributed by atoms with Crippen LogP contribution in [0, 0.1) is 5.82 Å². The maximum absolute atomic E-state index is 13.8.